The molecule has 3 aliphatic rings. The molecule has 0 saturated carbocycles. The average molecular weight is 370 g/mol. The van der Waals surface area contributed by atoms with Crippen LogP contribution in [0.25, 0.3) is 10.9 Å². The molecule has 0 aliphatic carbocycles. The maximum Gasteiger partial charge on any atom is 0.236 e. The Labute approximate surface area is 154 Å². The summed E-state index contributed by atoms with van der Waals surface area (Å²) in [6.07, 6.45) is 5.01. The van der Waals surface area contributed by atoms with E-state index in [1.807, 2.05) is 30.4 Å². The summed E-state index contributed by atoms with van der Waals surface area (Å²) in [5, 5.41) is 4.88. The van der Waals surface area contributed by atoms with E-state index >= 15 is 0 Å². The number of rotatable bonds is 4. The fraction of sp³-hybridized carbons (Fsp3) is 0.316. The summed E-state index contributed by atoms with van der Waals surface area (Å²) >= 11 is 6.01. The molecule has 5 rings (SSSR count). The van der Waals surface area contributed by atoms with Crippen molar-refractivity contribution in [2.24, 2.45) is 11.8 Å². The summed E-state index contributed by atoms with van der Waals surface area (Å²) in [5.41, 5.74) is 1.70. The van der Waals surface area contributed by atoms with Gasteiger partial charge in [0, 0.05) is 35.4 Å². The lowest BCUT2D eigenvalue weighted by Crippen LogP contribution is -2.37. The van der Waals surface area contributed by atoms with Gasteiger partial charge in [-0.25, -0.2) is 0 Å². The van der Waals surface area contributed by atoms with Crippen LogP contribution in [0.15, 0.2) is 42.6 Å². The number of carbonyl (C=O) groups excluding carboxylic acids is 2. The number of carbonyl (C=O) groups is 2. The Morgan fingerprint density at radius 1 is 1.12 bits per heavy atom. The third-order valence-corrected chi connectivity index (χ3v) is 5.59. The van der Waals surface area contributed by atoms with Crippen LogP contribution in [0.3, 0.4) is 0 Å². The van der Waals surface area contributed by atoms with Gasteiger partial charge in [-0.05, 0) is 24.3 Å². The van der Waals surface area contributed by atoms with Crippen LogP contribution in [0.2, 0.25) is 5.02 Å². The number of hydrogen-bond donors (Lipinski definition) is 1. The van der Waals surface area contributed by atoms with E-state index in [-0.39, 0.29) is 35.9 Å². The zero-order chi connectivity index (χ0) is 17.8. The van der Waals surface area contributed by atoms with Crippen LogP contribution >= 0.6 is 11.6 Å². The summed E-state index contributed by atoms with van der Waals surface area (Å²) < 4.78 is 5.65. The monoisotopic (exact) mass is 369 g/mol. The Bertz CT molecular complexity index is 930. The van der Waals surface area contributed by atoms with Gasteiger partial charge in [0.2, 0.25) is 11.8 Å². The summed E-state index contributed by atoms with van der Waals surface area (Å²) in [6, 6.07) is 7.40. The molecular weight excluding hydrogens is 354 g/mol. The van der Waals surface area contributed by atoms with Crippen molar-refractivity contribution in [2.75, 3.05) is 18.4 Å². The second kappa shape index (κ2) is 5.79. The van der Waals surface area contributed by atoms with Crippen molar-refractivity contribution in [3.8, 4) is 0 Å². The number of fused-ring (bicyclic) bond motifs is 6. The number of amides is 2. The Kier molecular flexibility index (Phi) is 3.52. The smallest absolute Gasteiger partial charge is 0.236 e. The van der Waals surface area contributed by atoms with Crippen molar-refractivity contribution in [3.05, 3.63) is 47.6 Å². The van der Waals surface area contributed by atoms with Crippen LogP contribution in [0.1, 0.15) is 0 Å². The van der Waals surface area contributed by atoms with E-state index < -0.39 is 0 Å². The minimum Gasteiger partial charge on any atom is -0.383 e. The molecule has 2 aromatic rings. The van der Waals surface area contributed by atoms with E-state index in [0.717, 1.165) is 16.6 Å². The molecule has 2 fully saturated rings. The minimum absolute atomic E-state index is 0.120. The highest BCUT2D eigenvalue weighted by atomic mass is 35.5. The summed E-state index contributed by atoms with van der Waals surface area (Å²) in [6.45, 7) is 0.809. The van der Waals surface area contributed by atoms with Gasteiger partial charge in [-0.1, -0.05) is 23.8 Å². The molecule has 2 bridgehead atoms. The molecule has 132 valence electrons. The topological polar surface area (TPSA) is 71.5 Å². The van der Waals surface area contributed by atoms with Gasteiger partial charge >= 0.3 is 0 Å². The molecule has 2 amide bonds. The summed E-state index contributed by atoms with van der Waals surface area (Å²) in [5.74, 6) is -0.933. The first kappa shape index (κ1) is 15.8. The van der Waals surface area contributed by atoms with E-state index in [1.54, 1.807) is 12.3 Å². The summed E-state index contributed by atoms with van der Waals surface area (Å²) in [4.78, 5) is 30.9. The first-order chi connectivity index (χ1) is 12.6. The second-order valence-corrected chi connectivity index (χ2v) is 7.21. The highest BCUT2D eigenvalue weighted by Crippen LogP contribution is 2.44. The van der Waals surface area contributed by atoms with Crippen LogP contribution < -0.4 is 5.32 Å². The van der Waals surface area contributed by atoms with Gasteiger partial charge in [0.15, 0.2) is 0 Å². The van der Waals surface area contributed by atoms with E-state index in [0.29, 0.717) is 18.1 Å². The molecule has 2 unspecified atom stereocenters. The van der Waals surface area contributed by atoms with Crippen molar-refractivity contribution in [1.29, 1.82) is 0 Å². The molecule has 26 heavy (non-hydrogen) atoms. The first-order valence-electron chi connectivity index (χ1n) is 8.60. The zero-order valence-electron chi connectivity index (χ0n) is 13.8. The molecule has 1 aromatic carbocycles. The fourth-order valence-corrected chi connectivity index (χ4v) is 4.33. The van der Waals surface area contributed by atoms with E-state index in [9.17, 15) is 9.59 Å². The number of likely N-dealkylation sites (tertiary alicyclic amines) is 1. The predicted octanol–water partition coefficient (Wildman–Crippen LogP) is 2.24. The van der Waals surface area contributed by atoms with Gasteiger partial charge in [0.1, 0.15) is 0 Å². The standard InChI is InChI=1S/C19H16ClN3O3/c20-10-1-2-11-12(5-6-21-13(11)9-10)22-7-8-23-18(24)16-14-3-4-15(26-14)17(16)19(23)25/h1-6,9,14-17H,7-8H2,(H,21,22)/t14-,15+,16?,17?. The molecule has 3 aliphatic heterocycles. The van der Waals surface area contributed by atoms with Gasteiger partial charge in [-0.15, -0.1) is 0 Å². The van der Waals surface area contributed by atoms with Gasteiger partial charge in [-0.3, -0.25) is 19.5 Å². The number of aromatic nitrogens is 1. The fourth-order valence-electron chi connectivity index (χ4n) is 4.16. The first-order valence-corrected chi connectivity index (χ1v) is 8.98. The molecule has 4 heterocycles. The second-order valence-electron chi connectivity index (χ2n) is 6.78. The van der Waals surface area contributed by atoms with Crippen LogP contribution in [-0.4, -0.2) is 47.0 Å². The molecular formula is C19H16ClN3O3. The Morgan fingerprint density at radius 3 is 2.58 bits per heavy atom. The quantitative estimate of drug-likeness (QED) is 0.661. The Morgan fingerprint density at radius 2 is 1.85 bits per heavy atom. The highest BCUT2D eigenvalue weighted by Gasteiger charge is 2.60. The number of anilines is 1. The molecule has 2 saturated heterocycles. The average Bonchev–Trinajstić information content (AvgIpc) is 3.31. The number of benzene rings is 1. The molecule has 1 N–H and O–H groups in total. The SMILES string of the molecule is O=C1C2C(C(=O)N1CCNc1ccnc3cc(Cl)ccc13)[C@H]1C=C[C@@H]2O1. The highest BCUT2D eigenvalue weighted by molar-refractivity contribution is 6.31. The maximum absolute atomic E-state index is 12.6. The third-order valence-electron chi connectivity index (χ3n) is 5.36. The number of nitrogens with one attached hydrogen (secondary N) is 1. The molecule has 7 heteroatoms. The van der Waals surface area contributed by atoms with Crippen molar-refractivity contribution >= 4 is 40.0 Å². The number of hydrogen-bond acceptors (Lipinski definition) is 5. The van der Waals surface area contributed by atoms with E-state index in [4.69, 9.17) is 16.3 Å². The molecule has 6 nitrogen and oxygen atoms in total. The van der Waals surface area contributed by atoms with Crippen molar-refractivity contribution in [2.45, 2.75) is 12.2 Å². The van der Waals surface area contributed by atoms with Gasteiger partial charge < -0.3 is 10.1 Å². The number of ether oxygens (including phenoxy) is 1. The molecule has 1 aromatic heterocycles. The van der Waals surface area contributed by atoms with Gasteiger partial charge in [0.25, 0.3) is 0 Å². The van der Waals surface area contributed by atoms with Crippen LogP contribution in [-0.2, 0) is 14.3 Å². The Balaban J connectivity index is 1.29. The van der Waals surface area contributed by atoms with E-state index in [1.165, 1.54) is 4.90 Å². The van der Waals surface area contributed by atoms with E-state index in [2.05, 4.69) is 10.3 Å². The van der Waals surface area contributed by atoms with Crippen molar-refractivity contribution in [3.63, 3.8) is 0 Å². The van der Waals surface area contributed by atoms with Crippen LogP contribution in [0.4, 0.5) is 5.69 Å². The number of imide groups is 1. The van der Waals surface area contributed by atoms with Gasteiger partial charge in [-0.2, -0.15) is 0 Å². The maximum atomic E-state index is 12.6. The lowest BCUT2D eigenvalue weighted by molar-refractivity contribution is -0.142. The molecule has 0 spiro atoms. The Hall–Kier alpha value is -2.44. The number of halogens is 1. The zero-order valence-corrected chi connectivity index (χ0v) is 14.5. The van der Waals surface area contributed by atoms with Crippen molar-refractivity contribution in [1.82, 2.24) is 9.88 Å². The van der Waals surface area contributed by atoms with Crippen LogP contribution in [0.5, 0.6) is 0 Å². The number of nitrogens with zero attached hydrogens (tertiary/aromatic N) is 2. The lowest BCUT2D eigenvalue weighted by atomic mass is 9.85. The molecule has 0 radical (unpaired) electrons. The minimum atomic E-state index is -0.346. The third kappa shape index (κ3) is 2.26. The predicted molar refractivity (Wildman–Crippen MR) is 96.7 cm³/mol. The summed E-state index contributed by atoms with van der Waals surface area (Å²) in [7, 11) is 0. The normalized spacial score (nSPS) is 29.0. The largest absolute Gasteiger partial charge is 0.383 e. The van der Waals surface area contributed by atoms with Crippen LogP contribution in [0, 0.1) is 11.8 Å². The number of pyridine rings is 1. The lowest BCUT2D eigenvalue weighted by Gasteiger charge is -2.18. The van der Waals surface area contributed by atoms with Gasteiger partial charge in [0.05, 0.1) is 29.6 Å². The van der Waals surface area contributed by atoms with Crippen molar-refractivity contribution < 1.29 is 14.3 Å². The molecule has 4 atom stereocenters.